The summed E-state index contributed by atoms with van der Waals surface area (Å²) in [6, 6.07) is 9.87. The van der Waals surface area contributed by atoms with Crippen LogP contribution in [-0.4, -0.2) is 21.9 Å². The van der Waals surface area contributed by atoms with Gasteiger partial charge in [-0.15, -0.1) is 12.4 Å². The Labute approximate surface area is 136 Å². The number of hydrogen-bond acceptors (Lipinski definition) is 4. The van der Waals surface area contributed by atoms with Crippen molar-refractivity contribution >= 4 is 18.3 Å². The largest absolute Gasteiger partial charge is 0.349 e. The number of amides is 1. The number of halogens is 1. The smallest absolute Gasteiger partial charge is 0.237 e. The van der Waals surface area contributed by atoms with E-state index in [0.29, 0.717) is 12.4 Å². The van der Waals surface area contributed by atoms with Gasteiger partial charge < -0.3 is 10.6 Å². The molecule has 3 rings (SSSR count). The van der Waals surface area contributed by atoms with Gasteiger partial charge in [-0.1, -0.05) is 24.3 Å². The molecule has 1 aliphatic heterocycles. The Bertz CT molecular complexity index is 662. The zero-order valence-corrected chi connectivity index (χ0v) is 13.2. The summed E-state index contributed by atoms with van der Waals surface area (Å²) in [6.07, 6.45) is 2.43. The van der Waals surface area contributed by atoms with Crippen molar-refractivity contribution in [3.05, 3.63) is 59.2 Å². The summed E-state index contributed by atoms with van der Waals surface area (Å²) in [4.78, 5) is 20.6. The Morgan fingerprint density at radius 1 is 1.32 bits per heavy atom. The third-order valence-electron chi connectivity index (χ3n) is 3.68. The molecule has 2 heterocycles. The molecule has 1 aliphatic rings. The highest BCUT2D eigenvalue weighted by atomic mass is 35.5. The molecule has 1 amide bonds. The molecule has 0 fully saturated rings. The fourth-order valence-corrected chi connectivity index (χ4v) is 2.54. The second-order valence-electron chi connectivity index (χ2n) is 5.22. The monoisotopic (exact) mass is 318 g/mol. The highest BCUT2D eigenvalue weighted by Gasteiger charge is 2.23. The molecule has 6 heteroatoms. The van der Waals surface area contributed by atoms with Gasteiger partial charge in [0.05, 0.1) is 18.3 Å². The van der Waals surface area contributed by atoms with Crippen LogP contribution in [0.2, 0.25) is 0 Å². The van der Waals surface area contributed by atoms with Crippen molar-refractivity contribution in [3.63, 3.8) is 0 Å². The molecule has 0 bridgehead atoms. The number of nitrogens with zero attached hydrogens (tertiary/aromatic N) is 2. The van der Waals surface area contributed by atoms with Gasteiger partial charge in [0.1, 0.15) is 5.82 Å². The van der Waals surface area contributed by atoms with Crippen LogP contribution in [0, 0.1) is 6.92 Å². The summed E-state index contributed by atoms with van der Waals surface area (Å²) >= 11 is 0. The van der Waals surface area contributed by atoms with E-state index in [2.05, 4.69) is 32.7 Å². The summed E-state index contributed by atoms with van der Waals surface area (Å²) in [7, 11) is 0. The topological polar surface area (TPSA) is 66.9 Å². The Hall–Kier alpha value is -1.98. The minimum absolute atomic E-state index is 0. The molecule has 116 valence electrons. The molecule has 1 atom stereocenters. The molecule has 0 saturated carbocycles. The first-order valence-electron chi connectivity index (χ1n) is 7.09. The molecule has 0 radical (unpaired) electrons. The first-order chi connectivity index (χ1) is 10.2. The molecule has 0 aliphatic carbocycles. The predicted molar refractivity (Wildman–Crippen MR) is 86.6 cm³/mol. The highest BCUT2D eigenvalue weighted by Crippen LogP contribution is 2.16. The van der Waals surface area contributed by atoms with Crippen LogP contribution < -0.4 is 10.6 Å². The predicted octanol–water partition coefficient (Wildman–Crippen LogP) is 1.54. The third-order valence-corrected chi connectivity index (χ3v) is 3.68. The normalized spacial score (nSPS) is 16.3. The Balaban J connectivity index is 0.00000176. The second kappa shape index (κ2) is 7.33. The van der Waals surface area contributed by atoms with E-state index < -0.39 is 0 Å². The zero-order chi connectivity index (χ0) is 14.7. The van der Waals surface area contributed by atoms with Gasteiger partial charge in [0.15, 0.2) is 0 Å². The second-order valence-corrected chi connectivity index (χ2v) is 5.22. The summed E-state index contributed by atoms with van der Waals surface area (Å²) < 4.78 is 0. The number of benzene rings is 1. The van der Waals surface area contributed by atoms with E-state index >= 15 is 0 Å². The van der Waals surface area contributed by atoms with Gasteiger partial charge >= 0.3 is 0 Å². The molecule has 2 aromatic rings. The average molecular weight is 319 g/mol. The van der Waals surface area contributed by atoms with E-state index in [0.717, 1.165) is 18.7 Å². The standard InChI is InChI=1S/C16H18N4O.ClH/c1-11-17-7-6-14(20-11)10-19-16(21)15-8-12-4-2-3-5-13(12)9-18-15;/h2-7,15,18H,8-10H2,1H3,(H,19,21);1H. The minimum atomic E-state index is -0.178. The number of aryl methyl sites for hydroxylation is 1. The Morgan fingerprint density at radius 2 is 2.09 bits per heavy atom. The van der Waals surface area contributed by atoms with Crippen LogP contribution in [-0.2, 0) is 24.3 Å². The molecule has 22 heavy (non-hydrogen) atoms. The summed E-state index contributed by atoms with van der Waals surface area (Å²) in [5.41, 5.74) is 3.34. The van der Waals surface area contributed by atoms with Gasteiger partial charge in [-0.2, -0.15) is 0 Å². The van der Waals surface area contributed by atoms with Crippen molar-refractivity contribution in [2.45, 2.75) is 32.5 Å². The lowest BCUT2D eigenvalue weighted by Gasteiger charge is -2.25. The van der Waals surface area contributed by atoms with E-state index in [-0.39, 0.29) is 24.4 Å². The number of carbonyl (C=O) groups is 1. The molecule has 2 N–H and O–H groups in total. The van der Waals surface area contributed by atoms with E-state index in [1.54, 1.807) is 6.20 Å². The van der Waals surface area contributed by atoms with Crippen molar-refractivity contribution in [1.82, 2.24) is 20.6 Å². The summed E-state index contributed by atoms with van der Waals surface area (Å²) in [5, 5.41) is 6.21. The van der Waals surface area contributed by atoms with Gasteiger partial charge in [-0.05, 0) is 30.5 Å². The molecular formula is C16H19ClN4O. The number of aromatic nitrogens is 2. The van der Waals surface area contributed by atoms with Gasteiger partial charge in [0.2, 0.25) is 5.91 Å². The van der Waals surface area contributed by atoms with Crippen LogP contribution in [0.15, 0.2) is 36.5 Å². The van der Waals surface area contributed by atoms with Crippen molar-refractivity contribution in [2.75, 3.05) is 0 Å². The first-order valence-corrected chi connectivity index (χ1v) is 7.09. The minimum Gasteiger partial charge on any atom is -0.349 e. The fraction of sp³-hybridized carbons (Fsp3) is 0.312. The molecule has 0 spiro atoms. The lowest BCUT2D eigenvalue weighted by Crippen LogP contribution is -2.47. The highest BCUT2D eigenvalue weighted by molar-refractivity contribution is 5.85. The number of fused-ring (bicyclic) bond motifs is 1. The lowest BCUT2D eigenvalue weighted by atomic mass is 9.95. The van der Waals surface area contributed by atoms with Crippen LogP contribution in [0.4, 0.5) is 0 Å². The maximum absolute atomic E-state index is 12.2. The van der Waals surface area contributed by atoms with E-state index in [9.17, 15) is 4.79 Å². The molecule has 1 aromatic carbocycles. The molecule has 0 saturated heterocycles. The quantitative estimate of drug-likeness (QED) is 0.901. The zero-order valence-electron chi connectivity index (χ0n) is 12.4. The number of carbonyl (C=O) groups excluding carboxylic acids is 1. The maximum Gasteiger partial charge on any atom is 0.237 e. The van der Waals surface area contributed by atoms with Crippen molar-refractivity contribution in [1.29, 1.82) is 0 Å². The maximum atomic E-state index is 12.2. The van der Waals surface area contributed by atoms with Crippen LogP contribution >= 0.6 is 12.4 Å². The number of nitrogens with one attached hydrogen (secondary N) is 2. The summed E-state index contributed by atoms with van der Waals surface area (Å²) in [6.45, 7) is 3.01. The van der Waals surface area contributed by atoms with E-state index in [1.807, 2.05) is 25.1 Å². The van der Waals surface area contributed by atoms with Crippen LogP contribution in [0.1, 0.15) is 22.6 Å². The molecule has 1 unspecified atom stereocenters. The van der Waals surface area contributed by atoms with Gasteiger partial charge in [0.25, 0.3) is 0 Å². The molecule has 1 aromatic heterocycles. The number of rotatable bonds is 3. The van der Waals surface area contributed by atoms with Crippen molar-refractivity contribution in [3.8, 4) is 0 Å². The van der Waals surface area contributed by atoms with Crippen LogP contribution in [0.5, 0.6) is 0 Å². The fourth-order valence-electron chi connectivity index (χ4n) is 2.54. The lowest BCUT2D eigenvalue weighted by molar-refractivity contribution is -0.123. The van der Waals surface area contributed by atoms with Crippen LogP contribution in [0.25, 0.3) is 0 Å². The third kappa shape index (κ3) is 3.81. The van der Waals surface area contributed by atoms with Gasteiger partial charge in [-0.3, -0.25) is 4.79 Å². The van der Waals surface area contributed by atoms with Gasteiger partial charge in [0, 0.05) is 12.7 Å². The van der Waals surface area contributed by atoms with E-state index in [4.69, 9.17) is 0 Å². The molecular weight excluding hydrogens is 300 g/mol. The van der Waals surface area contributed by atoms with Crippen LogP contribution in [0.3, 0.4) is 0 Å². The van der Waals surface area contributed by atoms with Crippen molar-refractivity contribution < 1.29 is 4.79 Å². The van der Waals surface area contributed by atoms with E-state index in [1.165, 1.54) is 11.1 Å². The summed E-state index contributed by atoms with van der Waals surface area (Å²) in [5.74, 6) is 0.729. The Kier molecular flexibility index (Phi) is 5.46. The molecule has 5 nitrogen and oxygen atoms in total. The Morgan fingerprint density at radius 3 is 2.86 bits per heavy atom. The van der Waals surface area contributed by atoms with Gasteiger partial charge in [-0.25, -0.2) is 9.97 Å². The van der Waals surface area contributed by atoms with Crippen molar-refractivity contribution in [2.24, 2.45) is 0 Å². The average Bonchev–Trinajstić information content (AvgIpc) is 2.52. The first kappa shape index (κ1) is 16.4. The SMILES string of the molecule is Cc1nccc(CNC(=O)C2Cc3ccccc3CN2)n1.Cl. The number of hydrogen-bond donors (Lipinski definition) is 2.